The zero-order valence-electron chi connectivity index (χ0n) is 15.5. The quantitative estimate of drug-likeness (QED) is 0.532. The smallest absolute Gasteiger partial charge is 0.213 e. The third-order valence-corrected chi connectivity index (χ3v) is 4.08. The van der Waals surface area contributed by atoms with Gasteiger partial charge in [0.05, 0.1) is 36.1 Å². The van der Waals surface area contributed by atoms with Crippen molar-refractivity contribution < 1.29 is 9.47 Å². The fourth-order valence-electron chi connectivity index (χ4n) is 2.96. The molecule has 27 heavy (non-hydrogen) atoms. The third-order valence-electron chi connectivity index (χ3n) is 4.08. The lowest BCUT2D eigenvalue weighted by Gasteiger charge is -2.11. The topological polar surface area (TPSA) is 62.1 Å². The number of aromatic nitrogens is 4. The molecule has 0 aliphatic rings. The zero-order chi connectivity index (χ0) is 18.8. The lowest BCUT2D eigenvalue weighted by atomic mass is 10.2. The van der Waals surface area contributed by atoms with Crippen molar-refractivity contribution in [2.24, 2.45) is 0 Å². The summed E-state index contributed by atoms with van der Waals surface area (Å²) in [4.78, 5) is 13.6. The molecule has 0 aliphatic heterocycles. The van der Waals surface area contributed by atoms with Gasteiger partial charge in [-0.2, -0.15) is 0 Å². The van der Waals surface area contributed by atoms with Crippen molar-refractivity contribution in [3.05, 3.63) is 60.9 Å². The Morgan fingerprint density at radius 2 is 1.89 bits per heavy atom. The van der Waals surface area contributed by atoms with E-state index in [0.717, 1.165) is 34.0 Å². The maximum Gasteiger partial charge on any atom is 0.213 e. The van der Waals surface area contributed by atoms with Crippen LogP contribution in [0.25, 0.3) is 28.2 Å². The largest absolute Gasteiger partial charge is 0.491 e. The predicted molar refractivity (Wildman–Crippen MR) is 104 cm³/mol. The van der Waals surface area contributed by atoms with Crippen LogP contribution in [0.1, 0.15) is 13.8 Å². The molecule has 0 saturated heterocycles. The first-order valence-corrected chi connectivity index (χ1v) is 8.76. The molecule has 4 rings (SSSR count). The van der Waals surface area contributed by atoms with Crippen LogP contribution in [-0.2, 0) is 0 Å². The molecule has 0 radical (unpaired) electrons. The fourth-order valence-corrected chi connectivity index (χ4v) is 2.96. The van der Waals surface area contributed by atoms with Gasteiger partial charge in [0.1, 0.15) is 11.4 Å². The first-order chi connectivity index (χ1) is 13.2. The fraction of sp³-hybridized carbons (Fsp3) is 0.190. The summed E-state index contributed by atoms with van der Waals surface area (Å²) < 4.78 is 13.0. The van der Waals surface area contributed by atoms with E-state index in [1.165, 1.54) is 0 Å². The minimum atomic E-state index is 0.102. The Morgan fingerprint density at radius 3 is 2.56 bits per heavy atom. The van der Waals surface area contributed by atoms with Gasteiger partial charge in [-0.1, -0.05) is 6.07 Å². The molecule has 0 aliphatic carbocycles. The number of rotatable bonds is 5. The predicted octanol–water partition coefficient (Wildman–Crippen LogP) is 4.28. The summed E-state index contributed by atoms with van der Waals surface area (Å²) in [5.41, 5.74) is 3.47. The van der Waals surface area contributed by atoms with Gasteiger partial charge >= 0.3 is 0 Å². The Bertz CT molecular complexity index is 1060. The second-order valence-electron chi connectivity index (χ2n) is 6.36. The number of nitrogens with zero attached hydrogens (tertiary/aromatic N) is 4. The van der Waals surface area contributed by atoms with Crippen LogP contribution in [0.5, 0.6) is 11.6 Å². The van der Waals surface area contributed by atoms with Crippen molar-refractivity contribution in [2.75, 3.05) is 7.11 Å². The normalized spacial score (nSPS) is 11.1. The molecule has 6 heteroatoms. The van der Waals surface area contributed by atoms with E-state index in [-0.39, 0.29) is 6.10 Å². The van der Waals surface area contributed by atoms with Crippen molar-refractivity contribution in [3.8, 4) is 28.8 Å². The molecule has 0 atom stereocenters. The highest BCUT2D eigenvalue weighted by atomic mass is 16.5. The summed E-state index contributed by atoms with van der Waals surface area (Å²) in [6.07, 6.45) is 3.63. The SMILES string of the molecule is COc1ccc(-n2c(-c3ccccn3)nc3cc(OC(C)C)ccc32)cn1. The van der Waals surface area contributed by atoms with Gasteiger partial charge in [0.25, 0.3) is 0 Å². The van der Waals surface area contributed by atoms with Gasteiger partial charge in [-0.05, 0) is 44.2 Å². The lowest BCUT2D eigenvalue weighted by Crippen LogP contribution is -2.05. The molecular weight excluding hydrogens is 340 g/mol. The van der Waals surface area contributed by atoms with E-state index in [1.54, 1.807) is 19.5 Å². The van der Waals surface area contributed by atoms with Gasteiger partial charge in [-0.25, -0.2) is 9.97 Å². The van der Waals surface area contributed by atoms with Gasteiger partial charge in [-0.15, -0.1) is 0 Å². The second kappa shape index (κ2) is 7.07. The average molecular weight is 360 g/mol. The first kappa shape index (κ1) is 17.0. The molecule has 4 aromatic rings. The average Bonchev–Trinajstić information content (AvgIpc) is 3.07. The van der Waals surface area contributed by atoms with E-state index >= 15 is 0 Å². The van der Waals surface area contributed by atoms with E-state index in [1.807, 2.05) is 66.9 Å². The molecule has 0 fully saturated rings. The molecule has 0 saturated carbocycles. The van der Waals surface area contributed by atoms with E-state index in [0.29, 0.717) is 5.88 Å². The maximum atomic E-state index is 5.82. The highest BCUT2D eigenvalue weighted by Gasteiger charge is 2.16. The van der Waals surface area contributed by atoms with E-state index < -0.39 is 0 Å². The van der Waals surface area contributed by atoms with E-state index in [4.69, 9.17) is 14.5 Å². The van der Waals surface area contributed by atoms with Crippen LogP contribution in [0, 0.1) is 0 Å². The molecule has 0 spiro atoms. The van der Waals surface area contributed by atoms with Gasteiger partial charge < -0.3 is 9.47 Å². The first-order valence-electron chi connectivity index (χ1n) is 8.76. The summed E-state index contributed by atoms with van der Waals surface area (Å²) in [6, 6.07) is 15.5. The van der Waals surface area contributed by atoms with Crippen LogP contribution >= 0.6 is 0 Å². The number of fused-ring (bicyclic) bond motifs is 1. The second-order valence-corrected chi connectivity index (χ2v) is 6.36. The standard InChI is InChI=1S/C21H20N4O2/c1-14(2)27-16-8-9-19-18(12-16)24-21(17-6-4-5-11-22-17)25(19)15-7-10-20(26-3)23-13-15/h4-14H,1-3H3. The molecule has 1 aromatic carbocycles. The molecule has 0 unspecified atom stereocenters. The summed E-state index contributed by atoms with van der Waals surface area (Å²) in [5.74, 6) is 2.11. The minimum Gasteiger partial charge on any atom is -0.491 e. The van der Waals surface area contributed by atoms with Crippen molar-refractivity contribution in [1.29, 1.82) is 0 Å². The summed E-state index contributed by atoms with van der Waals surface area (Å²) in [5, 5.41) is 0. The summed E-state index contributed by atoms with van der Waals surface area (Å²) in [6.45, 7) is 4.01. The van der Waals surface area contributed by atoms with Crippen LogP contribution in [0.4, 0.5) is 0 Å². The van der Waals surface area contributed by atoms with Crippen LogP contribution in [0.3, 0.4) is 0 Å². The van der Waals surface area contributed by atoms with Crippen LogP contribution in [-0.4, -0.2) is 32.7 Å². The Kier molecular flexibility index (Phi) is 4.46. The van der Waals surface area contributed by atoms with Crippen molar-refractivity contribution in [2.45, 2.75) is 20.0 Å². The molecule has 0 bridgehead atoms. The van der Waals surface area contributed by atoms with E-state index in [2.05, 4.69) is 9.97 Å². The summed E-state index contributed by atoms with van der Waals surface area (Å²) in [7, 11) is 1.60. The third kappa shape index (κ3) is 3.33. The minimum absolute atomic E-state index is 0.102. The number of hydrogen-bond donors (Lipinski definition) is 0. The van der Waals surface area contributed by atoms with Gasteiger partial charge in [0, 0.05) is 18.3 Å². The van der Waals surface area contributed by atoms with Crippen LogP contribution in [0.15, 0.2) is 60.9 Å². The Hall–Kier alpha value is -3.41. The van der Waals surface area contributed by atoms with Gasteiger partial charge in [0.15, 0.2) is 5.82 Å². The van der Waals surface area contributed by atoms with Gasteiger partial charge in [0.2, 0.25) is 5.88 Å². The number of pyridine rings is 2. The molecule has 3 heterocycles. The molecule has 6 nitrogen and oxygen atoms in total. The monoisotopic (exact) mass is 360 g/mol. The van der Waals surface area contributed by atoms with Gasteiger partial charge in [-0.3, -0.25) is 9.55 Å². The Labute approximate surface area is 157 Å². The van der Waals surface area contributed by atoms with Crippen molar-refractivity contribution in [3.63, 3.8) is 0 Å². The van der Waals surface area contributed by atoms with Crippen molar-refractivity contribution in [1.82, 2.24) is 19.5 Å². The molecular formula is C21H20N4O2. The Balaban J connectivity index is 1.92. The Morgan fingerprint density at radius 1 is 1.00 bits per heavy atom. The van der Waals surface area contributed by atoms with Crippen LogP contribution in [0.2, 0.25) is 0 Å². The van der Waals surface area contributed by atoms with Crippen LogP contribution < -0.4 is 9.47 Å². The number of hydrogen-bond acceptors (Lipinski definition) is 5. The highest BCUT2D eigenvalue weighted by Crippen LogP contribution is 2.30. The zero-order valence-corrected chi connectivity index (χ0v) is 15.5. The molecule has 0 N–H and O–H groups in total. The number of ether oxygens (including phenoxy) is 2. The summed E-state index contributed by atoms with van der Waals surface area (Å²) >= 11 is 0. The van der Waals surface area contributed by atoms with E-state index in [9.17, 15) is 0 Å². The van der Waals surface area contributed by atoms with Crippen molar-refractivity contribution >= 4 is 11.0 Å². The lowest BCUT2D eigenvalue weighted by molar-refractivity contribution is 0.242. The molecule has 136 valence electrons. The number of imidazole rings is 1. The molecule has 3 aromatic heterocycles. The maximum absolute atomic E-state index is 5.82. The number of methoxy groups -OCH3 is 1. The number of benzene rings is 1. The highest BCUT2D eigenvalue weighted by molar-refractivity contribution is 5.83. The molecule has 0 amide bonds.